The fraction of sp³-hybridized carbons (Fsp3) is 0.0769. The molecule has 0 amide bonds. The molecule has 0 bridgehead atoms. The van der Waals surface area contributed by atoms with E-state index in [9.17, 15) is 5.11 Å². The predicted molar refractivity (Wildman–Crippen MR) is 64.0 cm³/mol. The summed E-state index contributed by atoms with van der Waals surface area (Å²) in [5.74, 6) is 0.209. The lowest BCUT2D eigenvalue weighted by Gasteiger charge is -2.05. The highest BCUT2D eigenvalue weighted by atomic mass is 16.3. The second kappa shape index (κ2) is 4.14. The molecule has 2 aromatic rings. The molecule has 2 N–H and O–H groups in total. The van der Waals surface area contributed by atoms with E-state index in [-0.39, 0.29) is 5.75 Å². The molecule has 0 aliphatic rings. The van der Waals surface area contributed by atoms with Crippen LogP contribution in [0.5, 0.6) is 5.75 Å². The summed E-state index contributed by atoms with van der Waals surface area (Å²) >= 11 is 0. The number of aromatic hydroxyl groups is 1. The van der Waals surface area contributed by atoms with Crippen LogP contribution in [0.15, 0.2) is 36.4 Å². The van der Waals surface area contributed by atoms with Gasteiger partial charge in [-0.2, -0.15) is 0 Å². The Hall–Kier alpha value is -2.16. The topological polar surface area (TPSA) is 57.0 Å². The number of rotatable bonds is 2. The van der Waals surface area contributed by atoms with Crippen molar-refractivity contribution in [2.45, 2.75) is 6.92 Å². The van der Waals surface area contributed by atoms with Gasteiger partial charge in [0.25, 0.3) is 0 Å². The van der Waals surface area contributed by atoms with Gasteiger partial charge in [-0.15, -0.1) is 0 Å². The van der Waals surface area contributed by atoms with Crippen molar-refractivity contribution in [1.82, 2.24) is 4.98 Å². The number of pyridine rings is 1. The molecule has 0 atom stereocenters. The van der Waals surface area contributed by atoms with Crippen LogP contribution in [-0.4, -0.2) is 16.3 Å². The highest BCUT2D eigenvalue weighted by molar-refractivity contribution is 5.76. The van der Waals surface area contributed by atoms with Crippen molar-refractivity contribution in [3.8, 4) is 17.0 Å². The molecular formula is C13H12N2O. The van der Waals surface area contributed by atoms with Crippen molar-refractivity contribution >= 4 is 6.21 Å². The molecule has 0 saturated carbocycles. The van der Waals surface area contributed by atoms with Crippen LogP contribution in [-0.2, 0) is 0 Å². The predicted octanol–water partition coefficient (Wildman–Crippen LogP) is 2.76. The Morgan fingerprint density at radius 3 is 2.81 bits per heavy atom. The SMILES string of the molecule is Cc1ccc(O)c(-c2cccc(C=N)n2)c1. The molecular weight excluding hydrogens is 200 g/mol. The summed E-state index contributed by atoms with van der Waals surface area (Å²) in [4.78, 5) is 4.26. The van der Waals surface area contributed by atoms with Gasteiger partial charge in [-0.3, -0.25) is 0 Å². The number of phenols is 1. The third-order valence-corrected chi connectivity index (χ3v) is 2.35. The van der Waals surface area contributed by atoms with Crippen LogP contribution in [0.1, 0.15) is 11.3 Å². The van der Waals surface area contributed by atoms with Gasteiger partial charge in [0.2, 0.25) is 0 Å². The van der Waals surface area contributed by atoms with Crippen LogP contribution in [0.2, 0.25) is 0 Å². The molecule has 0 fully saturated rings. The number of aryl methyl sites for hydroxylation is 1. The molecule has 0 aliphatic carbocycles. The number of nitrogens with zero attached hydrogens (tertiary/aromatic N) is 1. The summed E-state index contributed by atoms with van der Waals surface area (Å²) in [6.45, 7) is 1.96. The third kappa shape index (κ3) is 1.93. The Labute approximate surface area is 93.9 Å². The molecule has 3 nitrogen and oxygen atoms in total. The van der Waals surface area contributed by atoms with E-state index < -0.39 is 0 Å². The monoisotopic (exact) mass is 212 g/mol. The maximum Gasteiger partial charge on any atom is 0.124 e. The Morgan fingerprint density at radius 1 is 1.25 bits per heavy atom. The van der Waals surface area contributed by atoms with Gasteiger partial charge in [-0.25, -0.2) is 4.98 Å². The molecule has 1 aromatic carbocycles. The van der Waals surface area contributed by atoms with Crippen LogP contribution in [0.25, 0.3) is 11.3 Å². The van der Waals surface area contributed by atoms with E-state index in [4.69, 9.17) is 5.41 Å². The third-order valence-electron chi connectivity index (χ3n) is 2.35. The zero-order valence-electron chi connectivity index (χ0n) is 8.94. The lowest BCUT2D eigenvalue weighted by Crippen LogP contribution is -1.90. The Balaban J connectivity index is 2.57. The molecule has 0 aliphatic heterocycles. The second-order valence-corrected chi connectivity index (χ2v) is 3.61. The standard InChI is InChI=1S/C13H12N2O/c1-9-5-6-13(16)11(7-9)12-4-2-3-10(8-14)15-12/h2-8,14,16H,1H3. The van der Waals surface area contributed by atoms with E-state index in [1.807, 2.05) is 31.2 Å². The van der Waals surface area contributed by atoms with Crippen molar-refractivity contribution in [2.75, 3.05) is 0 Å². The number of aromatic nitrogens is 1. The van der Waals surface area contributed by atoms with Gasteiger partial charge in [-0.1, -0.05) is 17.7 Å². The zero-order chi connectivity index (χ0) is 11.5. The van der Waals surface area contributed by atoms with E-state index in [0.717, 1.165) is 5.56 Å². The normalized spacial score (nSPS) is 10.1. The van der Waals surface area contributed by atoms with Crippen molar-refractivity contribution in [2.24, 2.45) is 0 Å². The van der Waals surface area contributed by atoms with Gasteiger partial charge < -0.3 is 10.5 Å². The van der Waals surface area contributed by atoms with Crippen LogP contribution < -0.4 is 0 Å². The highest BCUT2D eigenvalue weighted by Crippen LogP contribution is 2.28. The van der Waals surface area contributed by atoms with Gasteiger partial charge in [0.1, 0.15) is 5.75 Å². The molecule has 2 rings (SSSR count). The van der Waals surface area contributed by atoms with Crippen LogP contribution in [0, 0.1) is 12.3 Å². The molecule has 1 aromatic heterocycles. The van der Waals surface area contributed by atoms with Crippen molar-refractivity contribution in [1.29, 1.82) is 5.41 Å². The zero-order valence-corrected chi connectivity index (χ0v) is 8.94. The number of nitrogens with one attached hydrogen (secondary N) is 1. The number of benzene rings is 1. The van der Waals surface area contributed by atoms with Crippen LogP contribution in [0.3, 0.4) is 0 Å². The molecule has 1 heterocycles. The van der Waals surface area contributed by atoms with Crippen molar-refractivity contribution in [3.05, 3.63) is 47.7 Å². The summed E-state index contributed by atoms with van der Waals surface area (Å²) in [5.41, 5.74) is 3.03. The fourth-order valence-corrected chi connectivity index (χ4v) is 1.54. The molecule has 0 unspecified atom stereocenters. The molecule has 0 radical (unpaired) electrons. The van der Waals surface area contributed by atoms with Gasteiger partial charge in [0.05, 0.1) is 11.4 Å². The van der Waals surface area contributed by atoms with Crippen LogP contribution >= 0.6 is 0 Å². The van der Waals surface area contributed by atoms with Gasteiger partial charge >= 0.3 is 0 Å². The van der Waals surface area contributed by atoms with E-state index >= 15 is 0 Å². The summed E-state index contributed by atoms with van der Waals surface area (Å²) in [5, 5.41) is 16.9. The molecule has 80 valence electrons. The first-order valence-corrected chi connectivity index (χ1v) is 4.98. The van der Waals surface area contributed by atoms with E-state index in [0.29, 0.717) is 17.0 Å². The average Bonchev–Trinajstić information content (AvgIpc) is 2.32. The van der Waals surface area contributed by atoms with E-state index in [1.165, 1.54) is 6.21 Å². The first-order chi connectivity index (χ1) is 7.70. The quantitative estimate of drug-likeness (QED) is 0.752. The van der Waals surface area contributed by atoms with Crippen molar-refractivity contribution in [3.63, 3.8) is 0 Å². The maximum atomic E-state index is 9.75. The van der Waals surface area contributed by atoms with Gasteiger partial charge in [0.15, 0.2) is 0 Å². The summed E-state index contributed by atoms with van der Waals surface area (Å²) < 4.78 is 0. The Bertz CT molecular complexity index is 535. The number of hydrogen-bond donors (Lipinski definition) is 2. The first-order valence-electron chi connectivity index (χ1n) is 4.98. The number of phenolic OH excluding ortho intramolecular Hbond substituents is 1. The average molecular weight is 212 g/mol. The molecule has 0 spiro atoms. The van der Waals surface area contributed by atoms with E-state index in [2.05, 4.69) is 4.98 Å². The minimum atomic E-state index is 0.209. The second-order valence-electron chi connectivity index (χ2n) is 3.61. The maximum absolute atomic E-state index is 9.75. The van der Waals surface area contributed by atoms with Crippen molar-refractivity contribution < 1.29 is 5.11 Å². The molecule has 0 saturated heterocycles. The largest absolute Gasteiger partial charge is 0.507 e. The lowest BCUT2D eigenvalue weighted by atomic mass is 10.1. The summed E-state index contributed by atoms with van der Waals surface area (Å²) in [6, 6.07) is 10.8. The van der Waals surface area contributed by atoms with Gasteiger partial charge in [0, 0.05) is 11.8 Å². The summed E-state index contributed by atoms with van der Waals surface area (Å²) in [7, 11) is 0. The Kier molecular flexibility index (Phi) is 2.68. The smallest absolute Gasteiger partial charge is 0.124 e. The minimum Gasteiger partial charge on any atom is -0.507 e. The molecule has 16 heavy (non-hydrogen) atoms. The summed E-state index contributed by atoms with van der Waals surface area (Å²) in [6.07, 6.45) is 1.19. The minimum absolute atomic E-state index is 0.209. The Morgan fingerprint density at radius 2 is 2.06 bits per heavy atom. The molecule has 3 heteroatoms. The van der Waals surface area contributed by atoms with E-state index in [1.54, 1.807) is 12.1 Å². The fourth-order valence-electron chi connectivity index (χ4n) is 1.54. The van der Waals surface area contributed by atoms with Crippen LogP contribution in [0.4, 0.5) is 0 Å². The number of hydrogen-bond acceptors (Lipinski definition) is 3. The first kappa shape index (κ1) is 10.4. The lowest BCUT2D eigenvalue weighted by molar-refractivity contribution is 0.477. The highest BCUT2D eigenvalue weighted by Gasteiger charge is 2.05. The van der Waals surface area contributed by atoms with Gasteiger partial charge in [-0.05, 0) is 31.2 Å².